The van der Waals surface area contributed by atoms with Crippen LogP contribution >= 0.6 is 11.6 Å². The molecule has 0 bridgehead atoms. The van der Waals surface area contributed by atoms with E-state index in [4.69, 9.17) is 16.6 Å². The van der Waals surface area contributed by atoms with E-state index in [1.807, 2.05) is 79.4 Å². The topological polar surface area (TPSA) is 51.0 Å². The predicted octanol–water partition coefficient (Wildman–Crippen LogP) is 5.35. The van der Waals surface area contributed by atoms with Gasteiger partial charge in [-0.15, -0.1) is 0 Å². The molecule has 4 rings (SSSR count). The minimum absolute atomic E-state index is 0.0486. The second-order valence-electron chi connectivity index (χ2n) is 7.31. The largest absolute Gasteiger partial charge is 0.337 e. The van der Waals surface area contributed by atoms with Crippen molar-refractivity contribution in [3.05, 3.63) is 82.6 Å². The average Bonchev–Trinajstić information content (AvgIpc) is 3.12. The Morgan fingerprint density at radius 3 is 2.57 bits per heavy atom. The number of pyridine rings is 1. The summed E-state index contributed by atoms with van der Waals surface area (Å²) >= 11 is 6.03. The lowest BCUT2D eigenvalue weighted by molar-refractivity contribution is 0.0787. The number of carbonyl (C=O) groups excluding carboxylic acids is 1. The lowest BCUT2D eigenvalue weighted by atomic mass is 10.0. The number of para-hydroxylation sites is 1. The fourth-order valence-electron chi connectivity index (χ4n) is 3.61. The van der Waals surface area contributed by atoms with Crippen LogP contribution in [0.1, 0.15) is 28.5 Å². The number of aryl methyl sites for hydroxylation is 1. The quantitative estimate of drug-likeness (QED) is 0.438. The van der Waals surface area contributed by atoms with Crippen molar-refractivity contribution >= 4 is 28.4 Å². The molecule has 152 valence electrons. The lowest BCUT2D eigenvalue weighted by Crippen LogP contribution is -2.26. The minimum Gasteiger partial charge on any atom is -0.337 e. The second kappa shape index (κ2) is 8.28. The fourth-order valence-corrected chi connectivity index (χ4v) is 3.74. The number of rotatable bonds is 5. The molecule has 0 radical (unpaired) electrons. The molecular formula is C24H23ClN4O. The highest BCUT2D eigenvalue weighted by atomic mass is 35.5. The van der Waals surface area contributed by atoms with E-state index in [-0.39, 0.29) is 5.91 Å². The third kappa shape index (κ3) is 3.81. The Bertz CT molecular complexity index is 1210. The number of amides is 1. The minimum atomic E-state index is -0.0486. The van der Waals surface area contributed by atoms with Gasteiger partial charge in [-0.05, 0) is 38.1 Å². The maximum atomic E-state index is 13.4. The zero-order valence-electron chi connectivity index (χ0n) is 17.3. The van der Waals surface area contributed by atoms with Crippen LogP contribution in [-0.4, -0.2) is 32.6 Å². The SMILES string of the molecule is CCn1ncc(CN(C)C(=O)c2cc(-c3ccc(Cl)cc3)nc3ccccc23)c1C. The number of hydrogen-bond acceptors (Lipinski definition) is 3. The third-order valence-corrected chi connectivity index (χ3v) is 5.60. The predicted molar refractivity (Wildman–Crippen MR) is 121 cm³/mol. The van der Waals surface area contributed by atoms with E-state index in [0.717, 1.165) is 40.0 Å². The second-order valence-corrected chi connectivity index (χ2v) is 7.75. The summed E-state index contributed by atoms with van der Waals surface area (Å²) in [6.45, 7) is 5.39. The Labute approximate surface area is 180 Å². The van der Waals surface area contributed by atoms with Crippen LogP contribution in [0, 0.1) is 6.92 Å². The number of halogens is 1. The molecule has 5 nitrogen and oxygen atoms in total. The monoisotopic (exact) mass is 418 g/mol. The summed E-state index contributed by atoms with van der Waals surface area (Å²) < 4.78 is 1.94. The Morgan fingerprint density at radius 1 is 1.13 bits per heavy atom. The summed E-state index contributed by atoms with van der Waals surface area (Å²) in [7, 11) is 1.82. The van der Waals surface area contributed by atoms with Gasteiger partial charge in [-0.2, -0.15) is 5.10 Å². The number of nitrogens with zero attached hydrogens (tertiary/aromatic N) is 4. The molecule has 2 aromatic heterocycles. The van der Waals surface area contributed by atoms with E-state index in [1.165, 1.54) is 0 Å². The van der Waals surface area contributed by atoms with Gasteiger partial charge < -0.3 is 4.90 Å². The highest BCUT2D eigenvalue weighted by molar-refractivity contribution is 6.30. The molecule has 0 spiro atoms. The van der Waals surface area contributed by atoms with Crippen molar-refractivity contribution in [2.75, 3.05) is 7.05 Å². The first-order chi connectivity index (χ1) is 14.5. The third-order valence-electron chi connectivity index (χ3n) is 5.35. The highest BCUT2D eigenvalue weighted by Gasteiger charge is 2.19. The molecule has 1 amide bonds. The van der Waals surface area contributed by atoms with Gasteiger partial charge in [0.1, 0.15) is 0 Å². The molecule has 0 fully saturated rings. The van der Waals surface area contributed by atoms with E-state index < -0.39 is 0 Å². The molecule has 4 aromatic rings. The van der Waals surface area contributed by atoms with Gasteiger partial charge in [0.2, 0.25) is 0 Å². The Morgan fingerprint density at radius 2 is 1.87 bits per heavy atom. The van der Waals surface area contributed by atoms with Gasteiger partial charge in [0.15, 0.2) is 0 Å². The number of carbonyl (C=O) groups is 1. The van der Waals surface area contributed by atoms with E-state index >= 15 is 0 Å². The van der Waals surface area contributed by atoms with E-state index in [0.29, 0.717) is 17.1 Å². The van der Waals surface area contributed by atoms with E-state index in [9.17, 15) is 4.79 Å². The van der Waals surface area contributed by atoms with Crippen molar-refractivity contribution < 1.29 is 4.79 Å². The summed E-state index contributed by atoms with van der Waals surface area (Å²) in [6, 6.07) is 17.1. The molecular weight excluding hydrogens is 396 g/mol. The van der Waals surface area contributed by atoms with Crippen LogP contribution < -0.4 is 0 Å². The van der Waals surface area contributed by atoms with Crippen LogP contribution in [0.3, 0.4) is 0 Å². The van der Waals surface area contributed by atoms with Crippen LogP contribution in [-0.2, 0) is 13.1 Å². The van der Waals surface area contributed by atoms with Crippen molar-refractivity contribution in [2.24, 2.45) is 0 Å². The Kier molecular flexibility index (Phi) is 5.55. The number of fused-ring (bicyclic) bond motifs is 1. The van der Waals surface area contributed by atoms with E-state index in [1.54, 1.807) is 4.90 Å². The van der Waals surface area contributed by atoms with Crippen molar-refractivity contribution in [2.45, 2.75) is 26.9 Å². The average molecular weight is 419 g/mol. The number of hydrogen-bond donors (Lipinski definition) is 0. The van der Waals surface area contributed by atoms with Crippen LogP contribution in [0.5, 0.6) is 0 Å². The number of benzene rings is 2. The molecule has 0 saturated carbocycles. The molecule has 0 aliphatic heterocycles. The molecule has 30 heavy (non-hydrogen) atoms. The van der Waals surface area contributed by atoms with Gasteiger partial charge in [-0.1, -0.05) is 41.9 Å². The molecule has 0 unspecified atom stereocenters. The first-order valence-electron chi connectivity index (χ1n) is 9.90. The molecule has 6 heteroatoms. The van der Waals surface area contributed by atoms with Crippen molar-refractivity contribution in [1.29, 1.82) is 0 Å². The van der Waals surface area contributed by atoms with Crippen molar-refractivity contribution in [1.82, 2.24) is 19.7 Å². The van der Waals surface area contributed by atoms with Gasteiger partial charge in [0, 0.05) is 47.4 Å². The maximum absolute atomic E-state index is 13.4. The smallest absolute Gasteiger partial charge is 0.254 e. The Balaban J connectivity index is 1.73. The molecule has 0 saturated heterocycles. The molecule has 0 N–H and O–H groups in total. The van der Waals surface area contributed by atoms with Gasteiger partial charge in [-0.25, -0.2) is 4.98 Å². The summed E-state index contributed by atoms with van der Waals surface area (Å²) in [6.07, 6.45) is 1.84. The maximum Gasteiger partial charge on any atom is 0.254 e. The lowest BCUT2D eigenvalue weighted by Gasteiger charge is -2.19. The van der Waals surface area contributed by atoms with Crippen molar-refractivity contribution in [3.8, 4) is 11.3 Å². The molecule has 2 aromatic carbocycles. The summed E-state index contributed by atoms with van der Waals surface area (Å²) in [5.74, 6) is -0.0486. The molecule has 2 heterocycles. The van der Waals surface area contributed by atoms with Crippen LogP contribution in [0.4, 0.5) is 0 Å². The molecule has 0 aliphatic rings. The Hall–Kier alpha value is -3.18. The van der Waals surface area contributed by atoms with Crippen molar-refractivity contribution in [3.63, 3.8) is 0 Å². The van der Waals surface area contributed by atoms with Gasteiger partial charge in [0.25, 0.3) is 5.91 Å². The van der Waals surface area contributed by atoms with Gasteiger partial charge in [-0.3, -0.25) is 9.48 Å². The van der Waals surface area contributed by atoms with E-state index in [2.05, 4.69) is 12.0 Å². The van der Waals surface area contributed by atoms with Gasteiger partial charge in [0.05, 0.1) is 23.0 Å². The first-order valence-corrected chi connectivity index (χ1v) is 10.3. The fraction of sp³-hybridized carbons (Fsp3) is 0.208. The normalized spacial score (nSPS) is 11.1. The van der Waals surface area contributed by atoms with Gasteiger partial charge >= 0.3 is 0 Å². The zero-order valence-corrected chi connectivity index (χ0v) is 18.0. The zero-order chi connectivity index (χ0) is 21.3. The standard InChI is InChI=1S/C24H23ClN4O/c1-4-29-16(2)18(14-26-29)15-28(3)24(30)21-13-23(17-9-11-19(25)12-10-17)27-22-8-6-5-7-20(21)22/h5-14H,4,15H2,1-3H3. The number of aromatic nitrogens is 3. The van der Waals surface area contributed by atoms with Crippen LogP contribution in [0.2, 0.25) is 5.02 Å². The van der Waals surface area contributed by atoms with Crippen LogP contribution in [0.15, 0.2) is 60.8 Å². The molecule has 0 aliphatic carbocycles. The summed E-state index contributed by atoms with van der Waals surface area (Å²) in [4.78, 5) is 19.9. The summed E-state index contributed by atoms with van der Waals surface area (Å²) in [5, 5.41) is 5.89. The highest BCUT2D eigenvalue weighted by Crippen LogP contribution is 2.27. The first kappa shape index (κ1) is 20.1. The van der Waals surface area contributed by atoms with Crippen LogP contribution in [0.25, 0.3) is 22.2 Å². The summed E-state index contributed by atoms with van der Waals surface area (Å²) in [5.41, 5.74) is 5.21. The molecule has 0 atom stereocenters.